The number of esters is 1. The standard InChI is InChI=1S/C14H22O9S/c1-2-3-7-24-8-5-9(11(17)18)23-13(21)14(22,12(19)20)6-4-10(15)16/h9,22H,2-8H2,1H3,(H,15,16)(H,17,18)(H,19,20). The van der Waals surface area contributed by atoms with Gasteiger partial charge in [-0.1, -0.05) is 13.3 Å². The van der Waals surface area contributed by atoms with Gasteiger partial charge in [0, 0.05) is 19.3 Å². The molecule has 0 rings (SSSR count). The quantitative estimate of drug-likeness (QED) is 0.206. The van der Waals surface area contributed by atoms with Crippen LogP contribution in [-0.4, -0.2) is 67.5 Å². The Kier molecular flexibility index (Phi) is 10.0. The van der Waals surface area contributed by atoms with Crippen molar-refractivity contribution in [2.24, 2.45) is 0 Å². The average Bonchev–Trinajstić information content (AvgIpc) is 2.50. The molecule has 0 fully saturated rings. The van der Waals surface area contributed by atoms with Crippen molar-refractivity contribution in [3.63, 3.8) is 0 Å². The van der Waals surface area contributed by atoms with Crippen molar-refractivity contribution in [1.29, 1.82) is 0 Å². The molecule has 0 amide bonds. The monoisotopic (exact) mass is 366 g/mol. The molecule has 0 saturated carbocycles. The molecule has 0 heterocycles. The normalized spacial score (nSPS) is 14.4. The van der Waals surface area contributed by atoms with E-state index in [0.29, 0.717) is 5.75 Å². The molecule has 138 valence electrons. The number of aliphatic hydroxyl groups is 1. The van der Waals surface area contributed by atoms with Gasteiger partial charge in [-0.25, -0.2) is 14.4 Å². The maximum atomic E-state index is 11.9. The first-order chi connectivity index (χ1) is 11.1. The largest absolute Gasteiger partial charge is 0.481 e. The first-order valence-corrected chi connectivity index (χ1v) is 8.49. The van der Waals surface area contributed by atoms with Gasteiger partial charge < -0.3 is 25.2 Å². The van der Waals surface area contributed by atoms with Gasteiger partial charge in [0.05, 0.1) is 0 Å². The molecule has 0 aromatic heterocycles. The average molecular weight is 366 g/mol. The molecule has 2 atom stereocenters. The zero-order valence-corrected chi connectivity index (χ0v) is 14.1. The number of carbonyl (C=O) groups is 4. The summed E-state index contributed by atoms with van der Waals surface area (Å²) in [5.41, 5.74) is -3.10. The molecular formula is C14H22O9S. The van der Waals surface area contributed by atoms with Crippen LogP contribution in [0.15, 0.2) is 0 Å². The van der Waals surface area contributed by atoms with Crippen molar-refractivity contribution < 1.29 is 44.3 Å². The first-order valence-electron chi connectivity index (χ1n) is 7.34. The van der Waals surface area contributed by atoms with Gasteiger partial charge in [0.15, 0.2) is 6.10 Å². The Balaban J connectivity index is 4.78. The van der Waals surface area contributed by atoms with Crippen LogP contribution in [0.1, 0.15) is 39.0 Å². The van der Waals surface area contributed by atoms with Crippen molar-refractivity contribution in [3.05, 3.63) is 0 Å². The summed E-state index contributed by atoms with van der Waals surface area (Å²) in [4.78, 5) is 44.5. The van der Waals surface area contributed by atoms with Gasteiger partial charge >= 0.3 is 23.9 Å². The van der Waals surface area contributed by atoms with Gasteiger partial charge in [0.2, 0.25) is 0 Å². The summed E-state index contributed by atoms with van der Waals surface area (Å²) in [6, 6.07) is 0. The van der Waals surface area contributed by atoms with Crippen LogP contribution >= 0.6 is 11.8 Å². The molecule has 0 radical (unpaired) electrons. The molecule has 0 saturated heterocycles. The van der Waals surface area contributed by atoms with Gasteiger partial charge in [-0.2, -0.15) is 11.8 Å². The number of ether oxygens (including phenoxy) is 1. The molecule has 9 nitrogen and oxygen atoms in total. The maximum absolute atomic E-state index is 11.9. The van der Waals surface area contributed by atoms with Crippen molar-refractivity contribution in [1.82, 2.24) is 0 Å². The van der Waals surface area contributed by atoms with Crippen molar-refractivity contribution in [2.75, 3.05) is 11.5 Å². The lowest BCUT2D eigenvalue weighted by molar-refractivity contribution is -0.189. The van der Waals surface area contributed by atoms with Crippen LogP contribution in [-0.2, 0) is 23.9 Å². The number of carbonyl (C=O) groups excluding carboxylic acids is 1. The number of hydrogen-bond donors (Lipinski definition) is 4. The summed E-state index contributed by atoms with van der Waals surface area (Å²) in [5, 5.41) is 36.4. The highest BCUT2D eigenvalue weighted by molar-refractivity contribution is 7.99. The van der Waals surface area contributed by atoms with E-state index in [9.17, 15) is 24.3 Å². The Morgan fingerprint density at radius 1 is 1.12 bits per heavy atom. The number of thioether (sulfide) groups is 1. The van der Waals surface area contributed by atoms with Crippen LogP contribution < -0.4 is 0 Å². The molecule has 24 heavy (non-hydrogen) atoms. The topological polar surface area (TPSA) is 158 Å². The highest BCUT2D eigenvalue weighted by atomic mass is 32.2. The molecule has 0 bridgehead atoms. The summed E-state index contributed by atoms with van der Waals surface area (Å²) in [6.07, 6.45) is -1.43. The molecule has 4 N–H and O–H groups in total. The Hall–Kier alpha value is -1.81. The zero-order valence-electron chi connectivity index (χ0n) is 13.3. The Morgan fingerprint density at radius 2 is 1.75 bits per heavy atom. The molecule has 0 spiro atoms. The van der Waals surface area contributed by atoms with Crippen molar-refractivity contribution in [3.8, 4) is 0 Å². The third kappa shape index (κ3) is 7.64. The van der Waals surface area contributed by atoms with E-state index < -0.39 is 48.4 Å². The molecule has 0 aromatic rings. The van der Waals surface area contributed by atoms with Crippen LogP contribution in [0.4, 0.5) is 0 Å². The van der Waals surface area contributed by atoms with Crippen LogP contribution in [0.5, 0.6) is 0 Å². The van der Waals surface area contributed by atoms with Gasteiger partial charge in [-0.15, -0.1) is 0 Å². The van der Waals surface area contributed by atoms with Crippen LogP contribution in [0.25, 0.3) is 0 Å². The second kappa shape index (κ2) is 10.9. The highest BCUT2D eigenvalue weighted by Gasteiger charge is 2.47. The molecular weight excluding hydrogens is 344 g/mol. The number of hydrogen-bond acceptors (Lipinski definition) is 7. The molecule has 2 unspecified atom stereocenters. The number of carboxylic acid groups (broad SMARTS) is 3. The molecule has 0 aliphatic carbocycles. The van der Waals surface area contributed by atoms with E-state index in [-0.39, 0.29) is 6.42 Å². The van der Waals surface area contributed by atoms with Gasteiger partial charge in [0.1, 0.15) is 0 Å². The van der Waals surface area contributed by atoms with E-state index in [0.717, 1.165) is 18.6 Å². The van der Waals surface area contributed by atoms with Crippen molar-refractivity contribution in [2.45, 2.75) is 50.7 Å². The van der Waals surface area contributed by atoms with E-state index >= 15 is 0 Å². The summed E-state index contributed by atoms with van der Waals surface area (Å²) in [7, 11) is 0. The van der Waals surface area contributed by atoms with Gasteiger partial charge in [-0.05, 0) is 17.9 Å². The summed E-state index contributed by atoms with van der Waals surface area (Å²) < 4.78 is 4.60. The molecule has 0 aromatic carbocycles. The van der Waals surface area contributed by atoms with Crippen LogP contribution in [0, 0.1) is 0 Å². The minimum atomic E-state index is -3.10. The molecule has 0 aliphatic rings. The third-order valence-corrected chi connectivity index (χ3v) is 4.19. The predicted octanol–water partition coefficient (Wildman–Crippen LogP) is 0.587. The van der Waals surface area contributed by atoms with E-state index in [2.05, 4.69) is 4.74 Å². The predicted molar refractivity (Wildman–Crippen MR) is 83.8 cm³/mol. The van der Waals surface area contributed by atoms with Crippen LogP contribution in [0.2, 0.25) is 0 Å². The maximum Gasteiger partial charge on any atom is 0.350 e. The highest BCUT2D eigenvalue weighted by Crippen LogP contribution is 2.19. The smallest absolute Gasteiger partial charge is 0.350 e. The van der Waals surface area contributed by atoms with Gasteiger partial charge in [0.25, 0.3) is 5.60 Å². The third-order valence-electron chi connectivity index (χ3n) is 3.08. The second-order valence-corrected chi connectivity index (χ2v) is 6.27. The molecule has 10 heteroatoms. The number of aliphatic carboxylic acids is 3. The van der Waals surface area contributed by atoms with E-state index in [4.69, 9.17) is 15.3 Å². The fourth-order valence-corrected chi connectivity index (χ4v) is 2.66. The van der Waals surface area contributed by atoms with Gasteiger partial charge in [-0.3, -0.25) is 4.79 Å². The first kappa shape index (κ1) is 22.2. The van der Waals surface area contributed by atoms with Crippen molar-refractivity contribution >= 4 is 35.6 Å². The van der Waals surface area contributed by atoms with E-state index in [1.165, 1.54) is 11.8 Å². The van der Waals surface area contributed by atoms with Crippen LogP contribution in [0.3, 0.4) is 0 Å². The fourth-order valence-electron chi connectivity index (χ4n) is 1.58. The Labute approximate surface area is 143 Å². The minimum absolute atomic E-state index is 0.0515. The summed E-state index contributed by atoms with van der Waals surface area (Å²) >= 11 is 1.47. The summed E-state index contributed by atoms with van der Waals surface area (Å²) in [6.45, 7) is 2.01. The SMILES string of the molecule is CCCCSCCC(OC(=O)C(O)(CCC(=O)O)C(=O)O)C(=O)O. The number of unbranched alkanes of at least 4 members (excludes halogenated alkanes) is 1. The lowest BCUT2D eigenvalue weighted by Gasteiger charge is -2.23. The number of carboxylic acids is 3. The summed E-state index contributed by atoms with van der Waals surface area (Å²) in [5.74, 6) is -5.35. The zero-order chi connectivity index (χ0) is 18.8. The van der Waals surface area contributed by atoms with E-state index in [1.807, 2.05) is 6.92 Å². The molecule has 0 aliphatic heterocycles. The lowest BCUT2D eigenvalue weighted by Crippen LogP contribution is -2.50. The minimum Gasteiger partial charge on any atom is -0.481 e. The second-order valence-electron chi connectivity index (χ2n) is 5.05. The Bertz CT molecular complexity index is 465. The number of rotatable bonds is 13. The fraction of sp³-hybridized carbons (Fsp3) is 0.714. The Morgan fingerprint density at radius 3 is 2.21 bits per heavy atom. The van der Waals surface area contributed by atoms with E-state index in [1.54, 1.807) is 0 Å². The lowest BCUT2D eigenvalue weighted by atomic mass is 9.98.